The zero-order valence-electron chi connectivity index (χ0n) is 7.81. The molecule has 15 heavy (non-hydrogen) atoms. The second kappa shape index (κ2) is 4.63. The summed E-state index contributed by atoms with van der Waals surface area (Å²) in [6.45, 7) is 0.498. The van der Waals surface area contributed by atoms with Crippen LogP contribution in [-0.4, -0.2) is 4.98 Å². The van der Waals surface area contributed by atoms with Crippen molar-refractivity contribution in [3.05, 3.63) is 39.3 Å². The van der Waals surface area contributed by atoms with Crippen LogP contribution < -0.4 is 10.5 Å². The van der Waals surface area contributed by atoms with Crippen LogP contribution in [0.15, 0.2) is 34.4 Å². The lowest BCUT2D eigenvalue weighted by atomic mass is 10.3. The number of nitrogens with zero attached hydrogens (tertiary/aromatic N) is 1. The van der Waals surface area contributed by atoms with Crippen LogP contribution in [0.1, 0.15) is 4.88 Å². The lowest BCUT2D eigenvalue weighted by molar-refractivity contribution is 0.309. The molecule has 1 aromatic carbocycles. The van der Waals surface area contributed by atoms with Crippen molar-refractivity contribution < 1.29 is 4.74 Å². The van der Waals surface area contributed by atoms with Gasteiger partial charge in [0.1, 0.15) is 6.61 Å². The predicted molar refractivity (Wildman–Crippen MR) is 65.0 cm³/mol. The summed E-state index contributed by atoms with van der Waals surface area (Å²) in [5, 5.41) is 0. The molecule has 2 rings (SSSR count). The number of para-hydroxylation sites is 1. The molecule has 0 saturated heterocycles. The zero-order valence-corrected chi connectivity index (χ0v) is 10.2. The summed E-state index contributed by atoms with van der Waals surface area (Å²) in [6, 6.07) is 5.59. The molecular weight excluding hydrogens is 276 g/mol. The molecule has 0 spiro atoms. The van der Waals surface area contributed by atoms with Gasteiger partial charge in [0.15, 0.2) is 5.75 Å². The molecule has 0 aliphatic carbocycles. The van der Waals surface area contributed by atoms with Crippen LogP contribution in [0.4, 0.5) is 5.69 Å². The van der Waals surface area contributed by atoms with E-state index in [1.54, 1.807) is 23.0 Å². The third-order valence-electron chi connectivity index (χ3n) is 1.84. The molecule has 0 saturated carbocycles. The summed E-state index contributed by atoms with van der Waals surface area (Å²) >= 11 is 4.96. The monoisotopic (exact) mass is 284 g/mol. The lowest BCUT2D eigenvalue weighted by Gasteiger charge is -2.09. The van der Waals surface area contributed by atoms with E-state index in [0.29, 0.717) is 18.0 Å². The van der Waals surface area contributed by atoms with Crippen LogP contribution in [0.3, 0.4) is 0 Å². The highest BCUT2D eigenvalue weighted by atomic mass is 79.9. The van der Waals surface area contributed by atoms with Gasteiger partial charge in [-0.05, 0) is 28.1 Å². The second-order valence-electron chi connectivity index (χ2n) is 2.91. The molecule has 5 heteroatoms. The number of anilines is 1. The van der Waals surface area contributed by atoms with Gasteiger partial charge in [-0.25, -0.2) is 0 Å². The Morgan fingerprint density at radius 3 is 3.00 bits per heavy atom. The molecule has 1 heterocycles. The van der Waals surface area contributed by atoms with Gasteiger partial charge in [-0.15, -0.1) is 11.3 Å². The van der Waals surface area contributed by atoms with Gasteiger partial charge in [0, 0.05) is 6.20 Å². The fraction of sp³-hybridized carbons (Fsp3) is 0.100. The Balaban J connectivity index is 2.11. The molecule has 0 atom stereocenters. The van der Waals surface area contributed by atoms with Gasteiger partial charge in [0.05, 0.1) is 20.5 Å². The molecule has 0 amide bonds. The molecule has 78 valence electrons. The normalized spacial score (nSPS) is 10.2. The van der Waals surface area contributed by atoms with E-state index in [2.05, 4.69) is 20.9 Å². The average molecular weight is 285 g/mol. The van der Waals surface area contributed by atoms with Gasteiger partial charge < -0.3 is 10.5 Å². The van der Waals surface area contributed by atoms with Crippen molar-refractivity contribution in [2.24, 2.45) is 0 Å². The molecule has 1 aromatic heterocycles. The van der Waals surface area contributed by atoms with Gasteiger partial charge in [-0.2, -0.15) is 0 Å². The first-order valence-electron chi connectivity index (χ1n) is 4.31. The van der Waals surface area contributed by atoms with E-state index in [0.717, 1.165) is 9.35 Å². The SMILES string of the molecule is Nc1cccc(Br)c1OCc1cncs1. The number of halogens is 1. The molecule has 0 aliphatic heterocycles. The van der Waals surface area contributed by atoms with Crippen LogP contribution in [0.2, 0.25) is 0 Å². The number of nitrogen functional groups attached to an aromatic ring is 1. The van der Waals surface area contributed by atoms with Crippen molar-refractivity contribution in [3.63, 3.8) is 0 Å². The largest absolute Gasteiger partial charge is 0.485 e. The quantitative estimate of drug-likeness (QED) is 0.882. The molecular formula is C10H9BrN2OS. The van der Waals surface area contributed by atoms with E-state index in [1.165, 1.54) is 0 Å². The average Bonchev–Trinajstić information content (AvgIpc) is 2.70. The Labute approximate surface area is 100 Å². The van der Waals surface area contributed by atoms with E-state index in [-0.39, 0.29) is 0 Å². The number of ether oxygens (including phenoxy) is 1. The summed E-state index contributed by atoms with van der Waals surface area (Å²) in [6.07, 6.45) is 1.79. The standard InChI is InChI=1S/C10H9BrN2OS/c11-8-2-1-3-9(12)10(8)14-5-7-4-13-6-15-7/h1-4,6H,5,12H2. The minimum absolute atomic E-state index is 0.498. The maximum absolute atomic E-state index is 5.79. The van der Waals surface area contributed by atoms with E-state index in [4.69, 9.17) is 10.5 Å². The van der Waals surface area contributed by atoms with E-state index in [1.807, 2.05) is 18.2 Å². The Kier molecular flexibility index (Phi) is 3.23. The van der Waals surface area contributed by atoms with Gasteiger partial charge in [-0.3, -0.25) is 4.98 Å². The molecule has 3 nitrogen and oxygen atoms in total. The number of thiazole rings is 1. The number of hydrogen-bond donors (Lipinski definition) is 1. The van der Waals surface area contributed by atoms with Gasteiger partial charge in [0.2, 0.25) is 0 Å². The first-order valence-corrected chi connectivity index (χ1v) is 5.99. The highest BCUT2D eigenvalue weighted by Gasteiger charge is 2.05. The molecule has 0 fully saturated rings. The number of hydrogen-bond acceptors (Lipinski definition) is 4. The van der Waals surface area contributed by atoms with Crippen LogP contribution >= 0.6 is 27.3 Å². The van der Waals surface area contributed by atoms with Crippen molar-refractivity contribution in [2.45, 2.75) is 6.61 Å². The number of aromatic nitrogens is 1. The number of rotatable bonds is 3. The van der Waals surface area contributed by atoms with Gasteiger partial charge >= 0.3 is 0 Å². The van der Waals surface area contributed by atoms with Gasteiger partial charge in [0.25, 0.3) is 0 Å². The van der Waals surface area contributed by atoms with E-state index in [9.17, 15) is 0 Å². The second-order valence-corrected chi connectivity index (χ2v) is 4.74. The third-order valence-corrected chi connectivity index (χ3v) is 3.22. The maximum Gasteiger partial charge on any atom is 0.156 e. The maximum atomic E-state index is 5.79. The van der Waals surface area contributed by atoms with Crippen molar-refractivity contribution in [3.8, 4) is 5.75 Å². The van der Waals surface area contributed by atoms with Crippen LogP contribution in [0, 0.1) is 0 Å². The Bertz CT molecular complexity index is 424. The van der Waals surface area contributed by atoms with Crippen molar-refractivity contribution >= 4 is 33.0 Å². The van der Waals surface area contributed by atoms with Crippen LogP contribution in [0.5, 0.6) is 5.75 Å². The van der Waals surface area contributed by atoms with Crippen LogP contribution in [0.25, 0.3) is 0 Å². The molecule has 2 N–H and O–H groups in total. The topological polar surface area (TPSA) is 48.1 Å². The predicted octanol–water partition coefficient (Wildman–Crippen LogP) is 3.07. The summed E-state index contributed by atoms with van der Waals surface area (Å²) in [5.74, 6) is 0.686. The van der Waals surface area contributed by atoms with Crippen molar-refractivity contribution in [1.29, 1.82) is 0 Å². The Morgan fingerprint density at radius 2 is 2.33 bits per heavy atom. The van der Waals surface area contributed by atoms with Gasteiger partial charge in [-0.1, -0.05) is 6.07 Å². The van der Waals surface area contributed by atoms with E-state index >= 15 is 0 Å². The number of benzene rings is 1. The highest BCUT2D eigenvalue weighted by molar-refractivity contribution is 9.10. The van der Waals surface area contributed by atoms with Crippen molar-refractivity contribution in [1.82, 2.24) is 4.98 Å². The molecule has 0 bridgehead atoms. The number of nitrogens with two attached hydrogens (primary N) is 1. The minimum atomic E-state index is 0.498. The van der Waals surface area contributed by atoms with Crippen LogP contribution in [-0.2, 0) is 6.61 Å². The highest BCUT2D eigenvalue weighted by Crippen LogP contribution is 2.31. The zero-order chi connectivity index (χ0) is 10.7. The Morgan fingerprint density at radius 1 is 1.47 bits per heavy atom. The first kappa shape index (κ1) is 10.4. The lowest BCUT2D eigenvalue weighted by Crippen LogP contribution is -1.97. The summed E-state index contributed by atoms with van der Waals surface area (Å²) < 4.78 is 6.48. The minimum Gasteiger partial charge on any atom is -0.485 e. The molecule has 0 aliphatic rings. The summed E-state index contributed by atoms with van der Waals surface area (Å²) in [7, 11) is 0. The molecule has 2 aromatic rings. The summed E-state index contributed by atoms with van der Waals surface area (Å²) in [4.78, 5) is 5.05. The van der Waals surface area contributed by atoms with Crippen molar-refractivity contribution in [2.75, 3.05) is 5.73 Å². The summed E-state index contributed by atoms with van der Waals surface area (Å²) in [5.41, 5.74) is 8.21. The third kappa shape index (κ3) is 2.49. The Hall–Kier alpha value is -1.07. The molecule has 0 radical (unpaired) electrons. The fourth-order valence-electron chi connectivity index (χ4n) is 1.13. The van der Waals surface area contributed by atoms with E-state index < -0.39 is 0 Å². The first-order chi connectivity index (χ1) is 7.27. The fourth-order valence-corrected chi connectivity index (χ4v) is 2.14. The smallest absolute Gasteiger partial charge is 0.156 e. The molecule has 0 unspecified atom stereocenters.